The highest BCUT2D eigenvalue weighted by Crippen LogP contribution is 2.64. The van der Waals surface area contributed by atoms with E-state index >= 15 is 0 Å². The molecule has 83 heavy (non-hydrogen) atoms. The molecule has 1 unspecified atom stereocenters. The van der Waals surface area contributed by atoms with Crippen molar-refractivity contribution in [3.8, 4) is 63.6 Å². The minimum absolute atomic E-state index is 0.00811. The summed E-state index contributed by atoms with van der Waals surface area (Å²) in [5, 5.41) is 46.6. The van der Waals surface area contributed by atoms with E-state index in [4.69, 9.17) is 29.4 Å². The largest absolute Gasteiger partial charge is 0.508 e. The fourth-order valence-corrected chi connectivity index (χ4v) is 18.2. The molecule has 0 amide bonds. The molecule has 3 fully saturated rings. The number of hydrogen-bond acceptors (Lipinski definition) is 15. The number of dihydropyridines is 1. The first-order chi connectivity index (χ1) is 40.6. The number of carbonyl (C=O) groups is 1. The standard InChI is InChI=1S/C68H76N4O9S2/c1-39(74)78-35-54-50-17-18-51-60-45(29-47(75)30-57(60)79-38-73)32-68-26-24-44(31-68)48(16-14-40-8-4-3-5-9-40)49-20-23-59(69)72-55(49)21-15-43-12-6-10-41(34-77-2)25-27-70-33-53-61(43)62(65(54)81-66(50)63(51)68)52-19-22-56-58(80-67(52)64(53)76)37-83-82-36-42-11-7-13-46(28-42)71-56/h3-5,8-9,17-20,22-23,29-30,41-44,46,48,54,56,58-59,65,70-73,75-76H,7,10-11,13-14,16,24-28,31-38,69H2,1-2H3/t41-,42+,43-,44-,46-,48+,54-,56-,58+,59?,65-,68+/m0/s1. The maximum atomic E-state index is 13.4. The fraction of sp³-hybridized carbons (Fsp3) is 0.485. The van der Waals surface area contributed by atoms with Crippen molar-refractivity contribution in [3.63, 3.8) is 0 Å². The van der Waals surface area contributed by atoms with Gasteiger partial charge in [0.05, 0.1) is 23.8 Å². The molecule has 4 aromatic rings. The number of phenols is 2. The zero-order valence-electron chi connectivity index (χ0n) is 47.5. The second-order valence-electron chi connectivity index (χ2n) is 24.5. The van der Waals surface area contributed by atoms with Crippen molar-refractivity contribution in [2.75, 3.05) is 45.2 Å². The minimum Gasteiger partial charge on any atom is -0.508 e. The number of allylic oxidation sites excluding steroid dienone is 3. The van der Waals surface area contributed by atoms with Crippen LogP contribution in [0.4, 0.5) is 0 Å². The normalized spacial score (nSPS) is 30.0. The molecule has 6 aliphatic heterocycles. The van der Waals surface area contributed by atoms with Gasteiger partial charge in [0.1, 0.15) is 42.0 Å². The van der Waals surface area contributed by atoms with E-state index in [0.29, 0.717) is 66.3 Å². The van der Waals surface area contributed by atoms with Crippen molar-refractivity contribution in [2.45, 2.75) is 138 Å². The van der Waals surface area contributed by atoms with Gasteiger partial charge in [-0.2, -0.15) is 0 Å². The van der Waals surface area contributed by atoms with Crippen LogP contribution in [0.2, 0.25) is 0 Å². The SMILES string of the molecule is COC[C@H]1CC#C[C@H]2C#CC3=C(C=CC(N)N3)[C@H](CCc3ccccc3)[C@H]3CC[C@]4(Cc5cc(O)cc(OCO)c5-c5ccc6c(c54)O[C@H](c4c5c(c(O)c(c42)CNCC1)O[C@@H]1CSSC[C@@H]2CCC[C@@H](C2)N[C@H]1C=C5)[C@H]6COC(C)=O)C3. The molecule has 1 spiro atoms. The lowest BCUT2D eigenvalue weighted by Crippen LogP contribution is -2.49. The average molecular weight is 1160 g/mol. The molecule has 0 aromatic heterocycles. The number of aliphatic hydroxyl groups is 1. The van der Waals surface area contributed by atoms with Gasteiger partial charge >= 0.3 is 5.97 Å². The van der Waals surface area contributed by atoms with Crippen LogP contribution in [0.25, 0.3) is 17.2 Å². The van der Waals surface area contributed by atoms with Crippen molar-refractivity contribution in [1.29, 1.82) is 0 Å². The highest BCUT2D eigenvalue weighted by molar-refractivity contribution is 8.76. The summed E-state index contributed by atoms with van der Waals surface area (Å²) in [6.45, 7) is 2.36. The number of benzene rings is 4. The van der Waals surface area contributed by atoms with E-state index in [0.717, 1.165) is 113 Å². The number of aromatic hydroxyl groups is 2. The topological polar surface area (TPSA) is 186 Å². The maximum Gasteiger partial charge on any atom is 0.302 e. The van der Waals surface area contributed by atoms with Gasteiger partial charge in [0.2, 0.25) is 0 Å². The smallest absolute Gasteiger partial charge is 0.302 e. The third-order valence-corrected chi connectivity index (χ3v) is 21.8. The number of phenolic OH excluding ortho intramolecular Hbond substituents is 2. The van der Waals surface area contributed by atoms with Gasteiger partial charge in [-0.1, -0.05) is 101 Å². The number of ether oxygens (including phenoxy) is 5. The van der Waals surface area contributed by atoms with Crippen LogP contribution in [0.15, 0.2) is 84.1 Å². The first-order valence-corrected chi connectivity index (χ1v) is 32.6. The molecular weight excluding hydrogens is 1080 g/mol. The van der Waals surface area contributed by atoms with Gasteiger partial charge in [-0.05, 0) is 140 Å². The quantitative estimate of drug-likeness (QED) is 0.0363. The first kappa shape index (κ1) is 56.1. The molecule has 15 heteroatoms. The summed E-state index contributed by atoms with van der Waals surface area (Å²) < 4.78 is 33.4. The molecule has 4 aromatic carbocycles. The molecule has 434 valence electrons. The van der Waals surface area contributed by atoms with Gasteiger partial charge in [0, 0.05) is 96.0 Å². The van der Waals surface area contributed by atoms with Crippen LogP contribution in [-0.4, -0.2) is 90.8 Å². The highest BCUT2D eigenvalue weighted by atomic mass is 33.1. The van der Waals surface area contributed by atoms with Crippen molar-refractivity contribution in [1.82, 2.24) is 16.0 Å². The van der Waals surface area contributed by atoms with E-state index in [1.807, 2.05) is 33.7 Å². The summed E-state index contributed by atoms with van der Waals surface area (Å²) >= 11 is 0. The van der Waals surface area contributed by atoms with Crippen LogP contribution in [0.3, 0.4) is 0 Å². The summed E-state index contributed by atoms with van der Waals surface area (Å²) in [5.74, 6) is 17.6. The van der Waals surface area contributed by atoms with E-state index in [9.17, 15) is 20.1 Å². The molecule has 2 saturated carbocycles. The maximum absolute atomic E-state index is 13.4. The Labute approximate surface area is 495 Å². The van der Waals surface area contributed by atoms with Gasteiger partial charge < -0.3 is 60.7 Å². The van der Waals surface area contributed by atoms with Crippen LogP contribution in [0, 0.1) is 47.4 Å². The Morgan fingerprint density at radius 1 is 0.952 bits per heavy atom. The predicted octanol–water partition coefficient (Wildman–Crippen LogP) is 10.4. The van der Waals surface area contributed by atoms with Gasteiger partial charge in [0.25, 0.3) is 0 Å². The molecule has 8 N–H and O–H groups in total. The van der Waals surface area contributed by atoms with E-state index in [1.54, 1.807) is 13.2 Å². The number of aryl methyl sites for hydroxylation is 1. The summed E-state index contributed by atoms with van der Waals surface area (Å²) in [7, 11) is 5.50. The van der Waals surface area contributed by atoms with E-state index in [1.165, 1.54) is 25.3 Å². The van der Waals surface area contributed by atoms with E-state index in [-0.39, 0.29) is 54.6 Å². The Kier molecular flexibility index (Phi) is 16.3. The fourth-order valence-electron chi connectivity index (χ4n) is 15.6. The van der Waals surface area contributed by atoms with Gasteiger partial charge in [-0.3, -0.25) is 4.79 Å². The van der Waals surface area contributed by atoms with Crippen molar-refractivity contribution >= 4 is 33.6 Å². The summed E-state index contributed by atoms with van der Waals surface area (Å²) in [6, 6.07) is 18.6. The number of methoxy groups -OCH3 is 1. The highest BCUT2D eigenvalue weighted by Gasteiger charge is 2.53. The van der Waals surface area contributed by atoms with E-state index in [2.05, 4.69) is 100 Å². The third-order valence-electron chi connectivity index (χ3n) is 19.3. The third kappa shape index (κ3) is 11.1. The molecule has 1 saturated heterocycles. The zero-order chi connectivity index (χ0) is 56.8. The molecule has 13 nitrogen and oxygen atoms in total. The number of nitrogens with two attached hydrogens (primary N) is 1. The van der Waals surface area contributed by atoms with Crippen LogP contribution in [0.1, 0.15) is 134 Å². The Hall–Kier alpha value is -6.01. The summed E-state index contributed by atoms with van der Waals surface area (Å²) in [4.78, 5) is 13.3. The monoisotopic (exact) mass is 1160 g/mol. The molecular formula is C68H76N4O9S2. The number of fused-ring (bicyclic) bond motifs is 10. The molecule has 6 heterocycles. The minimum atomic E-state index is -0.801. The molecule has 9 aliphatic rings. The Morgan fingerprint density at radius 3 is 2.69 bits per heavy atom. The Balaban J connectivity index is 1.10. The molecule has 3 aliphatic carbocycles. The number of esters is 1. The zero-order valence-corrected chi connectivity index (χ0v) is 49.1. The Bertz CT molecular complexity index is 3380. The van der Waals surface area contributed by atoms with Gasteiger partial charge in [0.15, 0.2) is 18.3 Å². The lowest BCUT2D eigenvalue weighted by atomic mass is 9.64. The molecule has 0 radical (unpaired) electrons. The van der Waals surface area contributed by atoms with E-state index < -0.39 is 42.3 Å². The molecule has 6 bridgehead atoms. The lowest BCUT2D eigenvalue weighted by Gasteiger charge is -2.40. The molecule has 12 atom stereocenters. The lowest BCUT2D eigenvalue weighted by molar-refractivity contribution is -0.141. The second-order valence-corrected chi connectivity index (χ2v) is 27.0. The van der Waals surface area contributed by atoms with Crippen LogP contribution in [0.5, 0.6) is 28.7 Å². The average Bonchev–Trinajstić information content (AvgIpc) is 2.54. The summed E-state index contributed by atoms with van der Waals surface area (Å²) in [6.07, 6.45) is 17.9. The molecule has 13 rings (SSSR count). The number of carbonyl (C=O) groups excluding carboxylic acids is 1. The summed E-state index contributed by atoms with van der Waals surface area (Å²) in [5.41, 5.74) is 16.9. The second kappa shape index (κ2) is 24.2. The number of nitrogens with one attached hydrogen (secondary N) is 3. The number of aliphatic hydroxyl groups excluding tert-OH is 1. The van der Waals surface area contributed by atoms with Crippen molar-refractivity contribution in [3.05, 3.63) is 129 Å². The van der Waals surface area contributed by atoms with Gasteiger partial charge in [-0.15, -0.1) is 5.92 Å². The number of hydrogen-bond donors (Lipinski definition) is 7. The first-order valence-electron chi connectivity index (χ1n) is 30.1. The van der Waals surface area contributed by atoms with Crippen LogP contribution >= 0.6 is 21.6 Å². The van der Waals surface area contributed by atoms with Crippen molar-refractivity contribution in [2.24, 2.45) is 29.4 Å². The van der Waals surface area contributed by atoms with Crippen LogP contribution in [-0.2, 0) is 39.1 Å². The number of rotatable bonds is 9. The van der Waals surface area contributed by atoms with Crippen molar-refractivity contribution < 1.29 is 43.8 Å². The Morgan fingerprint density at radius 2 is 1.83 bits per heavy atom. The van der Waals surface area contributed by atoms with Crippen LogP contribution < -0.4 is 35.9 Å². The van der Waals surface area contributed by atoms with Gasteiger partial charge in [-0.25, -0.2) is 0 Å². The predicted molar refractivity (Wildman–Crippen MR) is 326 cm³/mol.